The molecule has 2 rings (SSSR count). The van der Waals surface area contributed by atoms with Crippen LogP contribution in [0.4, 0.5) is 11.4 Å². The van der Waals surface area contributed by atoms with Gasteiger partial charge in [0.15, 0.2) is 0 Å². The molecular formula is C10H12N4O2. The molecule has 6 heteroatoms. The molecule has 0 aliphatic heterocycles. The van der Waals surface area contributed by atoms with Gasteiger partial charge in [0.25, 0.3) is 5.56 Å². The number of nitrogen functional groups attached to an aromatic ring is 2. The number of hydrogen-bond acceptors (Lipinski definition) is 4. The van der Waals surface area contributed by atoms with E-state index in [1.165, 1.54) is 23.7 Å². The zero-order valence-electron chi connectivity index (χ0n) is 9.02. The van der Waals surface area contributed by atoms with E-state index in [0.29, 0.717) is 22.3 Å². The largest absolute Gasteiger partial charge is 0.397 e. The van der Waals surface area contributed by atoms with Gasteiger partial charge in [0.2, 0.25) is 0 Å². The van der Waals surface area contributed by atoms with Gasteiger partial charge < -0.3 is 11.5 Å². The highest BCUT2D eigenvalue weighted by Crippen LogP contribution is 2.19. The van der Waals surface area contributed by atoms with E-state index in [1.807, 2.05) is 0 Å². The highest BCUT2D eigenvalue weighted by molar-refractivity contribution is 5.87. The molecule has 0 bridgehead atoms. The summed E-state index contributed by atoms with van der Waals surface area (Å²) in [6, 6.07) is 3.03. The van der Waals surface area contributed by atoms with Crippen LogP contribution in [-0.4, -0.2) is 9.13 Å². The number of aryl methyl sites for hydroxylation is 1. The summed E-state index contributed by atoms with van der Waals surface area (Å²) in [6.45, 7) is 0. The summed E-state index contributed by atoms with van der Waals surface area (Å²) in [5.74, 6) is 0. The second-order valence-electron chi connectivity index (χ2n) is 3.70. The Morgan fingerprint density at radius 3 is 2.19 bits per heavy atom. The molecule has 1 aromatic heterocycles. The van der Waals surface area contributed by atoms with Gasteiger partial charge in [-0.15, -0.1) is 0 Å². The molecule has 0 aliphatic rings. The van der Waals surface area contributed by atoms with Crippen LogP contribution in [0, 0.1) is 0 Å². The Morgan fingerprint density at radius 1 is 1.00 bits per heavy atom. The van der Waals surface area contributed by atoms with Gasteiger partial charge in [-0.05, 0) is 12.1 Å². The van der Waals surface area contributed by atoms with E-state index < -0.39 is 0 Å². The van der Waals surface area contributed by atoms with Crippen LogP contribution >= 0.6 is 0 Å². The van der Waals surface area contributed by atoms with E-state index in [-0.39, 0.29) is 11.2 Å². The van der Waals surface area contributed by atoms with Gasteiger partial charge in [-0.2, -0.15) is 0 Å². The molecule has 0 radical (unpaired) electrons. The lowest BCUT2D eigenvalue weighted by molar-refractivity contribution is 0.714. The first-order valence-electron chi connectivity index (χ1n) is 4.68. The van der Waals surface area contributed by atoms with Crippen molar-refractivity contribution in [2.75, 3.05) is 11.5 Å². The molecule has 0 unspecified atom stereocenters. The van der Waals surface area contributed by atoms with E-state index in [1.54, 1.807) is 7.05 Å². The van der Waals surface area contributed by atoms with Gasteiger partial charge >= 0.3 is 5.69 Å². The highest BCUT2D eigenvalue weighted by atomic mass is 16.2. The first-order chi connectivity index (χ1) is 7.43. The summed E-state index contributed by atoms with van der Waals surface area (Å²) in [5, 5.41) is 0.385. The summed E-state index contributed by atoms with van der Waals surface area (Å²) in [7, 11) is 3.01. The van der Waals surface area contributed by atoms with Gasteiger partial charge in [-0.25, -0.2) is 4.79 Å². The van der Waals surface area contributed by atoms with Crippen LogP contribution in [0.15, 0.2) is 21.7 Å². The highest BCUT2D eigenvalue weighted by Gasteiger charge is 2.09. The van der Waals surface area contributed by atoms with Crippen LogP contribution in [0.2, 0.25) is 0 Å². The average Bonchev–Trinajstić information content (AvgIpc) is 2.26. The third-order valence-electron chi connectivity index (χ3n) is 2.67. The van der Waals surface area contributed by atoms with Crippen LogP contribution < -0.4 is 22.7 Å². The Balaban J connectivity index is 3.16. The second kappa shape index (κ2) is 3.13. The molecule has 0 spiro atoms. The summed E-state index contributed by atoms with van der Waals surface area (Å²) < 4.78 is 2.41. The molecule has 0 saturated carbocycles. The number of hydrogen-bond donors (Lipinski definition) is 2. The van der Waals surface area contributed by atoms with Crippen molar-refractivity contribution >= 4 is 22.3 Å². The van der Waals surface area contributed by atoms with E-state index >= 15 is 0 Å². The lowest BCUT2D eigenvalue weighted by Gasteiger charge is -2.09. The average molecular weight is 220 g/mol. The zero-order chi connectivity index (χ0) is 12.0. The number of nitrogens with zero attached hydrogens (tertiary/aromatic N) is 2. The minimum atomic E-state index is -0.387. The Kier molecular flexibility index (Phi) is 2.01. The number of fused-ring (bicyclic) bond motifs is 1. The maximum Gasteiger partial charge on any atom is 0.330 e. The number of benzene rings is 1. The SMILES string of the molecule is Cn1c(=O)c2cc(N)c(N)cc2n(C)c1=O. The topological polar surface area (TPSA) is 96.0 Å². The Hall–Kier alpha value is -2.24. The van der Waals surface area contributed by atoms with Crippen LogP contribution in [-0.2, 0) is 14.1 Å². The fraction of sp³-hybridized carbons (Fsp3) is 0.200. The molecule has 0 aliphatic carbocycles. The van der Waals surface area contributed by atoms with E-state index in [9.17, 15) is 9.59 Å². The molecule has 0 atom stereocenters. The number of nitrogens with two attached hydrogens (primary N) is 2. The predicted molar refractivity (Wildman–Crippen MR) is 63.3 cm³/mol. The van der Waals surface area contributed by atoms with Crippen molar-refractivity contribution in [3.05, 3.63) is 33.0 Å². The third kappa shape index (κ3) is 1.19. The predicted octanol–water partition coefficient (Wildman–Crippen LogP) is -0.598. The van der Waals surface area contributed by atoms with E-state index in [2.05, 4.69) is 0 Å². The first-order valence-corrected chi connectivity index (χ1v) is 4.68. The summed E-state index contributed by atoms with van der Waals surface area (Å²) in [6.07, 6.45) is 0. The van der Waals surface area contributed by atoms with Gasteiger partial charge in [0.1, 0.15) is 0 Å². The van der Waals surface area contributed by atoms with Gasteiger partial charge in [-0.1, -0.05) is 0 Å². The van der Waals surface area contributed by atoms with Crippen molar-refractivity contribution in [1.29, 1.82) is 0 Å². The maximum absolute atomic E-state index is 11.8. The quantitative estimate of drug-likeness (QED) is 0.579. The monoisotopic (exact) mass is 220 g/mol. The number of rotatable bonds is 0. The van der Waals surface area contributed by atoms with Crippen LogP contribution in [0.1, 0.15) is 0 Å². The lowest BCUT2D eigenvalue weighted by Crippen LogP contribution is -2.37. The summed E-state index contributed by atoms with van der Waals surface area (Å²) in [5.41, 5.74) is 11.7. The molecule has 84 valence electrons. The van der Waals surface area contributed by atoms with Gasteiger partial charge in [0, 0.05) is 14.1 Å². The number of aromatic nitrogens is 2. The minimum absolute atomic E-state index is 0.336. The Labute approximate surface area is 90.7 Å². The van der Waals surface area contributed by atoms with Crippen molar-refractivity contribution in [3.63, 3.8) is 0 Å². The van der Waals surface area contributed by atoms with Gasteiger partial charge in [0.05, 0.1) is 22.3 Å². The fourth-order valence-electron chi connectivity index (χ4n) is 1.67. The summed E-state index contributed by atoms with van der Waals surface area (Å²) >= 11 is 0. The van der Waals surface area contributed by atoms with Gasteiger partial charge in [-0.3, -0.25) is 13.9 Å². The van der Waals surface area contributed by atoms with Crippen molar-refractivity contribution < 1.29 is 0 Å². The molecule has 16 heavy (non-hydrogen) atoms. The molecule has 6 nitrogen and oxygen atoms in total. The van der Waals surface area contributed by atoms with Crippen molar-refractivity contribution in [1.82, 2.24) is 9.13 Å². The van der Waals surface area contributed by atoms with Crippen molar-refractivity contribution in [2.45, 2.75) is 0 Å². The molecule has 0 fully saturated rings. The lowest BCUT2D eigenvalue weighted by atomic mass is 10.2. The molecule has 0 saturated heterocycles. The normalized spacial score (nSPS) is 10.9. The molecule has 4 N–H and O–H groups in total. The molecular weight excluding hydrogens is 208 g/mol. The van der Waals surface area contributed by atoms with E-state index in [0.717, 1.165) is 4.57 Å². The molecule has 0 amide bonds. The van der Waals surface area contributed by atoms with Crippen LogP contribution in [0.3, 0.4) is 0 Å². The Morgan fingerprint density at radius 2 is 1.56 bits per heavy atom. The smallest absolute Gasteiger partial charge is 0.330 e. The van der Waals surface area contributed by atoms with E-state index in [4.69, 9.17) is 11.5 Å². The molecule has 1 aromatic carbocycles. The molecule has 1 heterocycles. The third-order valence-corrected chi connectivity index (χ3v) is 2.67. The van der Waals surface area contributed by atoms with Crippen molar-refractivity contribution in [3.8, 4) is 0 Å². The molecule has 2 aromatic rings. The maximum atomic E-state index is 11.8. The first kappa shape index (κ1) is 10.3. The van der Waals surface area contributed by atoms with Crippen LogP contribution in [0.5, 0.6) is 0 Å². The zero-order valence-corrected chi connectivity index (χ0v) is 9.02. The fourth-order valence-corrected chi connectivity index (χ4v) is 1.67. The van der Waals surface area contributed by atoms with Crippen molar-refractivity contribution in [2.24, 2.45) is 14.1 Å². The number of anilines is 2. The summed E-state index contributed by atoms with van der Waals surface area (Å²) in [4.78, 5) is 23.5. The minimum Gasteiger partial charge on any atom is -0.397 e. The van der Waals surface area contributed by atoms with Crippen LogP contribution in [0.25, 0.3) is 10.9 Å². The Bertz CT molecular complexity index is 697. The second-order valence-corrected chi connectivity index (χ2v) is 3.70. The standard InChI is InChI=1S/C10H12N4O2/c1-13-8-4-7(12)6(11)3-5(8)9(15)14(2)10(13)16/h3-4H,11-12H2,1-2H3.